The molecule has 0 aliphatic heterocycles. The molecule has 0 unspecified atom stereocenters. The van der Waals surface area contributed by atoms with Crippen LogP contribution < -0.4 is 10.0 Å². The summed E-state index contributed by atoms with van der Waals surface area (Å²) in [6.07, 6.45) is 5.17. The summed E-state index contributed by atoms with van der Waals surface area (Å²) in [7, 11) is -4.02. The normalized spacial score (nSPS) is 14.4. The molecular weight excluding hydrogens is 396 g/mol. The Labute approximate surface area is 160 Å². The first kappa shape index (κ1) is 19.8. The van der Waals surface area contributed by atoms with Gasteiger partial charge in [0.15, 0.2) is 16.8 Å². The number of anilines is 1. The van der Waals surface area contributed by atoms with Crippen LogP contribution in [-0.2, 0) is 27.7 Å². The molecule has 1 aliphatic carbocycles. The lowest BCUT2D eigenvalue weighted by Gasteiger charge is -2.07. The molecule has 0 bridgehead atoms. The van der Waals surface area contributed by atoms with Crippen molar-refractivity contribution in [3.8, 4) is 0 Å². The van der Waals surface area contributed by atoms with Crippen LogP contribution in [0.1, 0.15) is 36.3 Å². The molecule has 2 N–H and O–H groups in total. The number of benzene rings is 1. The third kappa shape index (κ3) is 5.08. The quantitative estimate of drug-likeness (QED) is 0.710. The highest BCUT2D eigenvalue weighted by Gasteiger charge is 2.18. The number of aryl methyl sites for hydroxylation is 2. The predicted octanol–water partition coefficient (Wildman–Crippen LogP) is 3.00. The van der Waals surface area contributed by atoms with Crippen LogP contribution in [0.4, 0.5) is 13.9 Å². The topological polar surface area (TPSA) is 88.2 Å². The van der Waals surface area contributed by atoms with E-state index in [2.05, 4.69) is 15.0 Å². The second-order valence-corrected chi connectivity index (χ2v) is 9.07. The van der Waals surface area contributed by atoms with E-state index in [0.29, 0.717) is 11.2 Å². The molecule has 3 rings (SSSR count). The summed E-state index contributed by atoms with van der Waals surface area (Å²) in [5, 5.41) is 3.21. The maximum Gasteiger partial charge on any atom is 0.240 e. The van der Waals surface area contributed by atoms with Crippen molar-refractivity contribution in [3.05, 3.63) is 40.4 Å². The zero-order valence-electron chi connectivity index (χ0n) is 14.4. The molecule has 0 atom stereocenters. The van der Waals surface area contributed by atoms with E-state index in [-0.39, 0.29) is 18.9 Å². The molecule has 0 spiro atoms. The van der Waals surface area contributed by atoms with Crippen molar-refractivity contribution in [2.45, 2.75) is 43.4 Å². The van der Waals surface area contributed by atoms with Gasteiger partial charge >= 0.3 is 0 Å². The summed E-state index contributed by atoms with van der Waals surface area (Å²) in [4.78, 5) is 17.3. The molecular formula is C17H19F2N3O3S2. The van der Waals surface area contributed by atoms with Gasteiger partial charge in [0.1, 0.15) is 0 Å². The highest BCUT2D eigenvalue weighted by molar-refractivity contribution is 7.89. The second kappa shape index (κ2) is 8.41. The Bertz CT molecular complexity index is 921. The molecule has 0 fully saturated rings. The van der Waals surface area contributed by atoms with Gasteiger partial charge in [0.25, 0.3) is 0 Å². The summed E-state index contributed by atoms with van der Waals surface area (Å²) in [5.41, 5.74) is 1.03. The van der Waals surface area contributed by atoms with E-state index in [9.17, 15) is 22.0 Å². The predicted molar refractivity (Wildman–Crippen MR) is 98.2 cm³/mol. The van der Waals surface area contributed by atoms with E-state index in [0.717, 1.165) is 43.5 Å². The molecule has 6 nitrogen and oxygen atoms in total. The molecule has 10 heteroatoms. The monoisotopic (exact) mass is 415 g/mol. The minimum Gasteiger partial charge on any atom is -0.302 e. The molecule has 1 aromatic heterocycles. The van der Waals surface area contributed by atoms with Crippen LogP contribution in [0.25, 0.3) is 0 Å². The van der Waals surface area contributed by atoms with Gasteiger partial charge in [-0.15, -0.1) is 11.3 Å². The Morgan fingerprint density at radius 3 is 2.70 bits per heavy atom. The summed E-state index contributed by atoms with van der Waals surface area (Å²) in [6, 6.07) is 2.30. The third-order valence-corrected chi connectivity index (χ3v) is 6.72. The van der Waals surface area contributed by atoms with Crippen LogP contribution >= 0.6 is 11.3 Å². The summed E-state index contributed by atoms with van der Waals surface area (Å²) < 4.78 is 52.4. The van der Waals surface area contributed by atoms with Gasteiger partial charge in [-0.3, -0.25) is 4.79 Å². The van der Waals surface area contributed by atoms with Crippen molar-refractivity contribution < 1.29 is 22.0 Å². The number of amides is 1. The minimum absolute atomic E-state index is 0.104. The van der Waals surface area contributed by atoms with E-state index >= 15 is 0 Å². The highest BCUT2D eigenvalue weighted by Crippen LogP contribution is 2.28. The largest absolute Gasteiger partial charge is 0.302 e. The number of aromatic nitrogens is 1. The van der Waals surface area contributed by atoms with Crippen molar-refractivity contribution in [1.82, 2.24) is 9.71 Å². The lowest BCUT2D eigenvalue weighted by atomic mass is 10.2. The van der Waals surface area contributed by atoms with Crippen LogP contribution in [0.3, 0.4) is 0 Å². The lowest BCUT2D eigenvalue weighted by Crippen LogP contribution is -2.28. The van der Waals surface area contributed by atoms with E-state index in [4.69, 9.17) is 0 Å². The molecule has 27 heavy (non-hydrogen) atoms. The average molecular weight is 415 g/mol. The third-order valence-electron chi connectivity index (χ3n) is 4.19. The number of sulfonamides is 1. The van der Waals surface area contributed by atoms with Crippen molar-refractivity contribution in [2.24, 2.45) is 0 Å². The van der Waals surface area contributed by atoms with Gasteiger partial charge < -0.3 is 5.32 Å². The number of hydrogen-bond donors (Lipinski definition) is 2. The van der Waals surface area contributed by atoms with Crippen LogP contribution in [0.15, 0.2) is 23.1 Å². The lowest BCUT2D eigenvalue weighted by molar-refractivity contribution is -0.116. The first-order valence-electron chi connectivity index (χ1n) is 8.58. The van der Waals surface area contributed by atoms with Gasteiger partial charge in [-0.05, 0) is 43.9 Å². The molecule has 146 valence electrons. The fraction of sp³-hybridized carbons (Fsp3) is 0.412. The number of nitrogens with one attached hydrogen (secondary N) is 2. The molecule has 0 saturated heterocycles. The fourth-order valence-electron chi connectivity index (χ4n) is 2.79. The first-order chi connectivity index (χ1) is 12.8. The number of hydrogen-bond acceptors (Lipinski definition) is 5. The van der Waals surface area contributed by atoms with E-state index in [1.54, 1.807) is 0 Å². The van der Waals surface area contributed by atoms with Gasteiger partial charge in [0.05, 0.1) is 10.6 Å². The summed E-state index contributed by atoms with van der Waals surface area (Å²) in [5.74, 6) is -2.75. The van der Waals surface area contributed by atoms with E-state index in [1.807, 2.05) is 0 Å². The molecule has 0 radical (unpaired) electrons. The zero-order valence-corrected chi connectivity index (χ0v) is 16.1. The van der Waals surface area contributed by atoms with Crippen molar-refractivity contribution in [1.29, 1.82) is 0 Å². The Morgan fingerprint density at radius 1 is 1.15 bits per heavy atom. The Morgan fingerprint density at radius 2 is 1.93 bits per heavy atom. The number of thiazole rings is 1. The van der Waals surface area contributed by atoms with Crippen LogP contribution in [0.2, 0.25) is 0 Å². The Kier molecular flexibility index (Phi) is 6.18. The van der Waals surface area contributed by atoms with Crippen LogP contribution in [0, 0.1) is 11.6 Å². The first-order valence-corrected chi connectivity index (χ1v) is 10.9. The Hall–Kier alpha value is -1.91. The second-order valence-electron chi connectivity index (χ2n) is 6.22. The number of carbonyl (C=O) groups excluding carboxylic acids is 1. The summed E-state index contributed by atoms with van der Waals surface area (Å²) >= 11 is 1.46. The Balaban J connectivity index is 1.52. The molecule has 1 aromatic carbocycles. The smallest absolute Gasteiger partial charge is 0.240 e. The van der Waals surface area contributed by atoms with Crippen molar-refractivity contribution >= 4 is 32.4 Å². The van der Waals surface area contributed by atoms with Crippen LogP contribution in [0.5, 0.6) is 0 Å². The van der Waals surface area contributed by atoms with Crippen LogP contribution in [-0.4, -0.2) is 25.9 Å². The number of nitrogens with zero attached hydrogens (tertiary/aromatic N) is 1. The van der Waals surface area contributed by atoms with E-state index < -0.39 is 26.6 Å². The van der Waals surface area contributed by atoms with Gasteiger partial charge in [-0.2, -0.15) is 0 Å². The SMILES string of the molecule is O=C(CCNS(=O)(=O)c1ccc(F)c(F)c1)Nc1nc2c(s1)CCCCC2. The maximum atomic E-state index is 13.2. The maximum absolute atomic E-state index is 13.2. The van der Waals surface area contributed by atoms with Crippen molar-refractivity contribution in [3.63, 3.8) is 0 Å². The van der Waals surface area contributed by atoms with Gasteiger partial charge in [0, 0.05) is 17.8 Å². The number of halogens is 2. The molecule has 1 heterocycles. The molecule has 1 amide bonds. The molecule has 1 aliphatic rings. The molecule has 2 aromatic rings. The highest BCUT2D eigenvalue weighted by atomic mass is 32.2. The van der Waals surface area contributed by atoms with Crippen molar-refractivity contribution in [2.75, 3.05) is 11.9 Å². The zero-order chi connectivity index (χ0) is 19.4. The minimum atomic E-state index is -4.02. The fourth-order valence-corrected chi connectivity index (χ4v) is 4.90. The standard InChI is InChI=1S/C17H19F2N3O3S2/c18-12-7-6-11(10-13(12)19)27(24,25)20-9-8-16(23)22-17-21-14-4-2-1-3-5-15(14)26-17/h6-7,10,20H,1-5,8-9H2,(H,21,22,23). The summed E-state index contributed by atoms with van der Waals surface area (Å²) in [6.45, 7) is -0.168. The van der Waals surface area contributed by atoms with Gasteiger partial charge in [0.2, 0.25) is 15.9 Å². The van der Waals surface area contributed by atoms with E-state index in [1.165, 1.54) is 22.6 Å². The number of carbonyl (C=O) groups is 1. The molecule has 0 saturated carbocycles. The number of fused-ring (bicyclic) bond motifs is 1. The van der Waals surface area contributed by atoms with Gasteiger partial charge in [-0.1, -0.05) is 6.42 Å². The number of rotatable bonds is 6. The van der Waals surface area contributed by atoms with Gasteiger partial charge in [-0.25, -0.2) is 26.9 Å². The average Bonchev–Trinajstić information content (AvgIpc) is 2.85.